The van der Waals surface area contributed by atoms with Gasteiger partial charge in [0.05, 0.1) is 31.7 Å². The summed E-state index contributed by atoms with van der Waals surface area (Å²) in [5.74, 6) is 1.42. The molecule has 0 aliphatic carbocycles. The maximum absolute atomic E-state index is 9.38. The van der Waals surface area contributed by atoms with E-state index in [1.807, 2.05) is 19.2 Å². The van der Waals surface area contributed by atoms with Gasteiger partial charge in [-0.1, -0.05) is 13.8 Å². The predicted octanol–water partition coefficient (Wildman–Crippen LogP) is 1.80. The largest absolute Gasteiger partial charge is 0.492 e. The zero-order valence-electron chi connectivity index (χ0n) is 10.1. The van der Waals surface area contributed by atoms with E-state index in [-0.39, 0.29) is 12.6 Å². The zero-order chi connectivity index (χ0) is 12.1. The fraction of sp³-hybridized carbons (Fsp3) is 0.636. The second-order valence-electron chi connectivity index (χ2n) is 3.76. The van der Waals surface area contributed by atoms with Crippen LogP contribution in [-0.4, -0.2) is 32.0 Å². The van der Waals surface area contributed by atoms with Crippen LogP contribution in [0.25, 0.3) is 0 Å². The molecule has 1 unspecified atom stereocenters. The third-order valence-electron chi connectivity index (χ3n) is 2.20. The Balaban J connectivity index is 2.95. The lowest BCUT2D eigenvalue weighted by Gasteiger charge is -2.19. The van der Waals surface area contributed by atoms with Gasteiger partial charge >= 0.3 is 0 Å². The van der Waals surface area contributed by atoms with Gasteiger partial charge in [-0.05, 0) is 0 Å². The molecule has 0 spiro atoms. The molecule has 1 heterocycles. The molecule has 5 heteroatoms. The first kappa shape index (κ1) is 13.3. The molecule has 0 radical (unpaired) electrons. The van der Waals surface area contributed by atoms with Crippen LogP contribution in [0, 0.1) is 0 Å². The fourth-order valence-electron chi connectivity index (χ4n) is 1.54. The van der Waals surface area contributed by atoms with Crippen LogP contribution >= 0.6 is 11.3 Å². The Kier molecular flexibility index (Phi) is 5.05. The van der Waals surface area contributed by atoms with Crippen LogP contribution < -0.4 is 14.8 Å². The SMILES string of the molecule is COc1csc(C(CO)NC(C)C)c1OC. The number of hydrogen-bond donors (Lipinski definition) is 2. The summed E-state index contributed by atoms with van der Waals surface area (Å²) in [6, 6.07) is 0.193. The van der Waals surface area contributed by atoms with Gasteiger partial charge in [0.25, 0.3) is 0 Å². The Bertz CT molecular complexity index is 325. The quantitative estimate of drug-likeness (QED) is 0.802. The first-order chi connectivity index (χ1) is 7.63. The van der Waals surface area contributed by atoms with E-state index < -0.39 is 0 Å². The monoisotopic (exact) mass is 245 g/mol. The second kappa shape index (κ2) is 6.08. The lowest BCUT2D eigenvalue weighted by Crippen LogP contribution is -2.30. The van der Waals surface area contributed by atoms with Crippen molar-refractivity contribution >= 4 is 11.3 Å². The van der Waals surface area contributed by atoms with Crippen molar-refractivity contribution in [3.05, 3.63) is 10.3 Å². The van der Waals surface area contributed by atoms with Crippen molar-refractivity contribution in [3.63, 3.8) is 0 Å². The predicted molar refractivity (Wildman–Crippen MR) is 65.5 cm³/mol. The number of rotatable bonds is 6. The third kappa shape index (κ3) is 2.87. The van der Waals surface area contributed by atoms with Crippen molar-refractivity contribution in [2.75, 3.05) is 20.8 Å². The van der Waals surface area contributed by atoms with Crippen LogP contribution in [0.1, 0.15) is 24.8 Å². The van der Waals surface area contributed by atoms with Crippen molar-refractivity contribution < 1.29 is 14.6 Å². The van der Waals surface area contributed by atoms with Gasteiger partial charge in [-0.25, -0.2) is 0 Å². The summed E-state index contributed by atoms with van der Waals surface area (Å²) in [6.07, 6.45) is 0. The van der Waals surface area contributed by atoms with Crippen LogP contribution in [0.4, 0.5) is 0 Å². The van der Waals surface area contributed by atoms with Crippen molar-refractivity contribution in [2.45, 2.75) is 25.9 Å². The van der Waals surface area contributed by atoms with Crippen LogP contribution in [0.2, 0.25) is 0 Å². The zero-order valence-corrected chi connectivity index (χ0v) is 10.9. The third-order valence-corrected chi connectivity index (χ3v) is 3.25. The summed E-state index contributed by atoms with van der Waals surface area (Å²) < 4.78 is 10.5. The molecule has 0 aromatic carbocycles. The summed E-state index contributed by atoms with van der Waals surface area (Å²) in [4.78, 5) is 0.968. The lowest BCUT2D eigenvalue weighted by atomic mass is 10.2. The molecule has 0 saturated heterocycles. The van der Waals surface area contributed by atoms with E-state index in [0.29, 0.717) is 17.5 Å². The molecule has 1 rings (SSSR count). The second-order valence-corrected chi connectivity index (χ2v) is 4.67. The van der Waals surface area contributed by atoms with Crippen LogP contribution in [0.3, 0.4) is 0 Å². The molecule has 0 bridgehead atoms. The molecule has 0 aliphatic heterocycles. The Labute approximate surface area is 100 Å². The van der Waals surface area contributed by atoms with Gasteiger partial charge in [-0.15, -0.1) is 11.3 Å². The van der Waals surface area contributed by atoms with Crippen molar-refractivity contribution in [3.8, 4) is 11.5 Å². The van der Waals surface area contributed by atoms with E-state index in [9.17, 15) is 5.11 Å². The highest BCUT2D eigenvalue weighted by atomic mass is 32.1. The summed E-state index contributed by atoms with van der Waals surface area (Å²) in [5.41, 5.74) is 0. The number of aliphatic hydroxyl groups is 1. The first-order valence-corrected chi connectivity index (χ1v) is 6.08. The maximum Gasteiger partial charge on any atom is 0.176 e. The summed E-state index contributed by atoms with van der Waals surface area (Å²) >= 11 is 1.53. The Morgan fingerprint density at radius 1 is 1.38 bits per heavy atom. The molecule has 1 atom stereocenters. The molecular weight excluding hydrogens is 226 g/mol. The highest BCUT2D eigenvalue weighted by Gasteiger charge is 2.21. The number of thiophene rings is 1. The number of nitrogens with one attached hydrogen (secondary N) is 1. The van der Waals surface area contributed by atoms with Gasteiger partial charge in [-0.2, -0.15) is 0 Å². The molecular formula is C11H19NO3S. The van der Waals surface area contributed by atoms with Gasteiger partial charge in [0.1, 0.15) is 0 Å². The minimum atomic E-state index is -0.108. The molecule has 0 fully saturated rings. The molecule has 16 heavy (non-hydrogen) atoms. The van der Waals surface area contributed by atoms with Gasteiger partial charge in [0.15, 0.2) is 11.5 Å². The van der Waals surface area contributed by atoms with Crippen molar-refractivity contribution in [2.24, 2.45) is 0 Å². The Hall–Kier alpha value is -0.780. The fourth-order valence-corrected chi connectivity index (χ4v) is 2.58. The average molecular weight is 245 g/mol. The number of methoxy groups -OCH3 is 2. The molecule has 1 aromatic rings. The molecule has 2 N–H and O–H groups in total. The maximum atomic E-state index is 9.38. The summed E-state index contributed by atoms with van der Waals surface area (Å²) in [6.45, 7) is 4.12. The number of hydrogen-bond acceptors (Lipinski definition) is 5. The van der Waals surface area contributed by atoms with E-state index in [1.165, 1.54) is 11.3 Å². The van der Waals surface area contributed by atoms with E-state index >= 15 is 0 Å². The Morgan fingerprint density at radius 3 is 2.50 bits per heavy atom. The molecule has 1 aromatic heterocycles. The van der Waals surface area contributed by atoms with Crippen molar-refractivity contribution in [1.82, 2.24) is 5.32 Å². The van der Waals surface area contributed by atoms with E-state index in [0.717, 1.165) is 4.88 Å². The van der Waals surface area contributed by atoms with Crippen molar-refractivity contribution in [1.29, 1.82) is 0 Å². The Morgan fingerprint density at radius 2 is 2.06 bits per heavy atom. The highest BCUT2D eigenvalue weighted by molar-refractivity contribution is 7.10. The molecule has 0 aliphatic rings. The highest BCUT2D eigenvalue weighted by Crippen LogP contribution is 2.40. The van der Waals surface area contributed by atoms with E-state index in [1.54, 1.807) is 14.2 Å². The minimum Gasteiger partial charge on any atom is -0.492 e. The van der Waals surface area contributed by atoms with Gasteiger partial charge in [0.2, 0.25) is 0 Å². The summed E-state index contributed by atoms with van der Waals surface area (Å²) in [5, 5.41) is 14.5. The smallest absolute Gasteiger partial charge is 0.176 e. The number of ether oxygens (including phenoxy) is 2. The molecule has 4 nitrogen and oxygen atoms in total. The normalized spacial score (nSPS) is 12.9. The van der Waals surface area contributed by atoms with Gasteiger partial charge in [0, 0.05) is 11.4 Å². The van der Waals surface area contributed by atoms with Crippen LogP contribution in [0.5, 0.6) is 11.5 Å². The average Bonchev–Trinajstić information content (AvgIpc) is 2.67. The lowest BCUT2D eigenvalue weighted by molar-refractivity contribution is 0.235. The topological polar surface area (TPSA) is 50.7 Å². The molecule has 0 saturated carbocycles. The summed E-state index contributed by atoms with van der Waals surface area (Å²) in [7, 11) is 3.22. The molecule has 0 amide bonds. The number of aliphatic hydroxyl groups excluding tert-OH is 1. The van der Waals surface area contributed by atoms with Gasteiger partial charge in [-0.3, -0.25) is 0 Å². The van der Waals surface area contributed by atoms with E-state index in [4.69, 9.17) is 9.47 Å². The minimum absolute atomic E-state index is 0.0399. The van der Waals surface area contributed by atoms with E-state index in [2.05, 4.69) is 5.32 Å². The van der Waals surface area contributed by atoms with Gasteiger partial charge < -0.3 is 19.9 Å². The van der Waals surface area contributed by atoms with Crippen LogP contribution in [0.15, 0.2) is 5.38 Å². The van der Waals surface area contributed by atoms with Crippen LogP contribution in [-0.2, 0) is 0 Å². The first-order valence-electron chi connectivity index (χ1n) is 5.20. The molecule has 92 valence electrons. The standard InChI is InChI=1S/C11H19NO3S/c1-7(2)12-8(5-13)11-10(15-4)9(14-3)6-16-11/h6-8,12-13H,5H2,1-4H3.